The second-order valence-corrected chi connectivity index (χ2v) is 15.9. The van der Waals surface area contributed by atoms with Crippen LogP contribution in [0.4, 0.5) is 13.2 Å². The van der Waals surface area contributed by atoms with Crippen molar-refractivity contribution in [3.63, 3.8) is 0 Å². The number of sulfone groups is 1. The van der Waals surface area contributed by atoms with Crippen LogP contribution >= 0.6 is 23.2 Å². The topological polar surface area (TPSA) is 139 Å². The molecule has 2 N–H and O–H groups in total. The molecule has 3 aliphatic rings. The summed E-state index contributed by atoms with van der Waals surface area (Å²) in [6.45, 7) is 2.16. The first-order chi connectivity index (χ1) is 23.0. The second-order valence-electron chi connectivity index (χ2n) is 12.8. The Morgan fingerprint density at radius 2 is 1.71 bits per heavy atom. The van der Waals surface area contributed by atoms with Crippen molar-refractivity contribution in [3.8, 4) is 5.75 Å². The summed E-state index contributed by atoms with van der Waals surface area (Å²) >= 11 is 12.3. The van der Waals surface area contributed by atoms with Gasteiger partial charge in [0.15, 0.2) is 15.9 Å². The van der Waals surface area contributed by atoms with Gasteiger partial charge < -0.3 is 20.3 Å². The molecule has 3 fully saturated rings. The fraction of sp³-hybridized carbons (Fsp3) is 0.515. The number of carbonyl (C=O) groups is 4. The van der Waals surface area contributed by atoms with Gasteiger partial charge >= 0.3 is 6.18 Å². The summed E-state index contributed by atoms with van der Waals surface area (Å²) in [6.07, 6.45) is -4.25. The van der Waals surface area contributed by atoms with Gasteiger partial charge in [-0.25, -0.2) is 8.42 Å². The van der Waals surface area contributed by atoms with Crippen molar-refractivity contribution in [3.05, 3.63) is 58.1 Å². The average Bonchev–Trinajstić information content (AvgIpc) is 3.97. The Labute approximate surface area is 291 Å². The quantitative estimate of drug-likeness (QED) is 0.278. The fourth-order valence-electron chi connectivity index (χ4n) is 5.99. The highest BCUT2D eigenvalue weighted by Gasteiger charge is 2.57. The van der Waals surface area contributed by atoms with E-state index in [4.69, 9.17) is 27.9 Å². The van der Waals surface area contributed by atoms with E-state index in [9.17, 15) is 40.8 Å². The Morgan fingerprint density at radius 3 is 2.27 bits per heavy atom. The number of likely N-dealkylation sites (tertiary alicyclic amines) is 1. The van der Waals surface area contributed by atoms with Crippen molar-refractivity contribution in [1.82, 2.24) is 15.5 Å². The molecule has 266 valence electrons. The standard InChI is InChI=1S/C33H36Cl2F3N3O7S/c1-3-4-25(28(42)30(44)39-21-9-10-21)40-29(43)26-16-23(17-41(26)31(45)32(13-14-32)19-5-7-20(34)8-6-19)49(46,47)27-12-11-22(15-24(27)35)48-18(2)33(36,37)38/h5-8,11-12,15,18,21,23,25-26H,3-4,9-10,13-14,16-17H2,1-2H3,(H,39,44)(H,40,43)/t18?,23-,25+,26+/m1/s1. The van der Waals surface area contributed by atoms with Gasteiger partial charge in [-0.05, 0) is 75.3 Å². The molecule has 49 heavy (non-hydrogen) atoms. The third-order valence-corrected chi connectivity index (χ3v) is 12.0. The third-order valence-electron chi connectivity index (χ3n) is 9.15. The van der Waals surface area contributed by atoms with Crippen molar-refractivity contribution in [2.75, 3.05) is 6.54 Å². The Kier molecular flexibility index (Phi) is 10.6. The Bertz CT molecular complexity index is 1730. The molecular weight excluding hydrogens is 710 g/mol. The molecule has 3 amide bonds. The van der Waals surface area contributed by atoms with E-state index in [0.717, 1.165) is 38.0 Å². The molecule has 0 spiro atoms. The molecule has 0 bridgehead atoms. The van der Waals surface area contributed by atoms with Gasteiger partial charge in [0.2, 0.25) is 17.6 Å². The van der Waals surface area contributed by atoms with E-state index in [2.05, 4.69) is 10.6 Å². The van der Waals surface area contributed by atoms with E-state index in [-0.39, 0.29) is 24.6 Å². The van der Waals surface area contributed by atoms with Crippen molar-refractivity contribution >= 4 is 56.5 Å². The van der Waals surface area contributed by atoms with E-state index < -0.39 is 84.8 Å². The minimum atomic E-state index is -4.67. The number of nitrogens with one attached hydrogen (secondary N) is 2. The van der Waals surface area contributed by atoms with E-state index in [0.29, 0.717) is 29.8 Å². The van der Waals surface area contributed by atoms with Crippen LogP contribution in [0, 0.1) is 0 Å². The molecule has 2 aromatic carbocycles. The van der Waals surface area contributed by atoms with Crippen LogP contribution in [-0.4, -0.2) is 79.0 Å². The zero-order valence-electron chi connectivity index (χ0n) is 26.7. The molecule has 1 unspecified atom stereocenters. The number of rotatable bonds is 13. The molecule has 0 radical (unpaired) electrons. The molecule has 4 atom stereocenters. The van der Waals surface area contributed by atoms with Gasteiger partial charge in [-0.2, -0.15) is 13.2 Å². The highest BCUT2D eigenvalue weighted by atomic mass is 35.5. The van der Waals surface area contributed by atoms with Crippen LogP contribution < -0.4 is 15.4 Å². The molecule has 10 nitrogen and oxygen atoms in total. The maximum atomic E-state index is 14.3. The van der Waals surface area contributed by atoms with Gasteiger partial charge in [0.05, 0.1) is 26.6 Å². The monoisotopic (exact) mass is 745 g/mol. The number of benzene rings is 2. The number of hydrogen-bond acceptors (Lipinski definition) is 7. The lowest BCUT2D eigenvalue weighted by Crippen LogP contribution is -2.54. The minimum Gasteiger partial charge on any atom is -0.481 e. The third kappa shape index (κ3) is 8.01. The fourth-order valence-corrected chi connectivity index (χ4v) is 8.35. The Balaban J connectivity index is 1.43. The van der Waals surface area contributed by atoms with Crippen molar-refractivity contribution in [2.45, 2.75) is 105 Å². The van der Waals surface area contributed by atoms with E-state index in [1.807, 2.05) is 0 Å². The molecule has 5 rings (SSSR count). The summed E-state index contributed by atoms with van der Waals surface area (Å²) in [5.74, 6) is -3.23. The van der Waals surface area contributed by atoms with Gasteiger partial charge in [0, 0.05) is 23.7 Å². The molecule has 2 saturated carbocycles. The van der Waals surface area contributed by atoms with Crippen LogP contribution in [0.1, 0.15) is 64.4 Å². The van der Waals surface area contributed by atoms with Crippen LogP contribution in [0.5, 0.6) is 5.75 Å². The molecule has 2 aromatic rings. The highest BCUT2D eigenvalue weighted by Crippen LogP contribution is 2.51. The number of carbonyl (C=O) groups excluding carboxylic acids is 4. The molecular formula is C33H36Cl2F3N3O7S. The summed E-state index contributed by atoms with van der Waals surface area (Å²) < 4.78 is 71.9. The molecule has 1 saturated heterocycles. The maximum absolute atomic E-state index is 14.3. The van der Waals surface area contributed by atoms with Crippen LogP contribution in [0.15, 0.2) is 47.4 Å². The van der Waals surface area contributed by atoms with Crippen molar-refractivity contribution < 1.29 is 45.5 Å². The minimum absolute atomic E-state index is 0.0913. The average molecular weight is 747 g/mol. The predicted molar refractivity (Wildman–Crippen MR) is 174 cm³/mol. The number of amides is 3. The summed E-state index contributed by atoms with van der Waals surface area (Å²) in [4.78, 5) is 54.6. The maximum Gasteiger partial charge on any atom is 0.425 e. The summed E-state index contributed by atoms with van der Waals surface area (Å²) in [5, 5.41) is 3.94. The zero-order chi connectivity index (χ0) is 35.9. The molecule has 0 aromatic heterocycles. The van der Waals surface area contributed by atoms with Gasteiger partial charge in [-0.3, -0.25) is 19.2 Å². The number of halogens is 5. The normalized spacial score (nSPS) is 21.4. The first kappa shape index (κ1) is 36.9. The Morgan fingerprint density at radius 1 is 1.06 bits per heavy atom. The van der Waals surface area contributed by atoms with Gasteiger partial charge in [0.1, 0.15) is 11.8 Å². The molecule has 16 heteroatoms. The lowest BCUT2D eigenvalue weighted by Gasteiger charge is -2.29. The first-order valence-corrected chi connectivity index (χ1v) is 18.3. The zero-order valence-corrected chi connectivity index (χ0v) is 29.0. The van der Waals surface area contributed by atoms with E-state index in [1.165, 1.54) is 4.90 Å². The smallest absolute Gasteiger partial charge is 0.425 e. The van der Waals surface area contributed by atoms with Crippen molar-refractivity contribution in [1.29, 1.82) is 0 Å². The highest BCUT2D eigenvalue weighted by molar-refractivity contribution is 7.92. The Hall–Kier alpha value is -3.36. The lowest BCUT2D eigenvalue weighted by molar-refractivity contribution is -0.189. The van der Waals surface area contributed by atoms with Crippen molar-refractivity contribution in [2.24, 2.45) is 0 Å². The number of alkyl halides is 3. The SMILES string of the molecule is CCC[C@H](NC(=O)[C@@H]1C[C@@H](S(=O)(=O)c2ccc(OC(C)C(F)(F)F)cc2Cl)CN1C(=O)C1(c2ccc(Cl)cc2)CC1)C(=O)C(=O)NC1CC1. The largest absolute Gasteiger partial charge is 0.481 e. The van der Waals surface area contributed by atoms with Crippen LogP contribution in [0.3, 0.4) is 0 Å². The lowest BCUT2D eigenvalue weighted by atomic mass is 9.94. The van der Waals surface area contributed by atoms with Crippen LogP contribution in [0.25, 0.3) is 0 Å². The van der Waals surface area contributed by atoms with E-state index >= 15 is 0 Å². The molecule has 1 aliphatic heterocycles. The van der Waals surface area contributed by atoms with Crippen LogP contribution in [0.2, 0.25) is 10.0 Å². The summed E-state index contributed by atoms with van der Waals surface area (Å²) in [7, 11) is -4.38. The van der Waals surface area contributed by atoms with Gasteiger partial charge in [-0.15, -0.1) is 0 Å². The second kappa shape index (κ2) is 14.1. The first-order valence-electron chi connectivity index (χ1n) is 16.0. The number of hydrogen-bond donors (Lipinski definition) is 2. The molecule has 2 aliphatic carbocycles. The number of nitrogens with zero attached hydrogens (tertiary/aromatic N) is 1. The van der Waals surface area contributed by atoms with E-state index in [1.54, 1.807) is 31.2 Å². The molecule has 1 heterocycles. The summed E-state index contributed by atoms with van der Waals surface area (Å²) in [5.41, 5.74) is -0.369. The number of ketones is 1. The summed E-state index contributed by atoms with van der Waals surface area (Å²) in [6, 6.07) is 7.08. The van der Waals surface area contributed by atoms with Crippen LogP contribution in [-0.2, 0) is 34.4 Å². The van der Waals surface area contributed by atoms with Gasteiger partial charge in [-0.1, -0.05) is 48.7 Å². The number of Topliss-reactive ketones (excluding diaryl/α,β-unsaturated/α-hetero) is 1. The van der Waals surface area contributed by atoms with Gasteiger partial charge in [0.25, 0.3) is 5.91 Å². The predicted octanol–water partition coefficient (Wildman–Crippen LogP) is 4.93. The number of ether oxygens (including phenoxy) is 1.